The summed E-state index contributed by atoms with van der Waals surface area (Å²) in [4.78, 5) is 1.32. The topological polar surface area (TPSA) is 12.0 Å². The van der Waals surface area contributed by atoms with E-state index in [1.165, 1.54) is 10.4 Å². The van der Waals surface area contributed by atoms with Gasteiger partial charge in [-0.15, -0.1) is 11.3 Å². The molecule has 0 radical (unpaired) electrons. The van der Waals surface area contributed by atoms with E-state index in [1.54, 1.807) is 11.3 Å². The molecule has 96 valence electrons. The quantitative estimate of drug-likeness (QED) is 0.849. The molecule has 4 heteroatoms. The Bertz CT molecular complexity index is 516. The highest BCUT2D eigenvalue weighted by molar-refractivity contribution is 7.10. The van der Waals surface area contributed by atoms with Crippen LogP contribution in [0.3, 0.4) is 0 Å². The Morgan fingerprint density at radius 2 is 1.94 bits per heavy atom. The van der Waals surface area contributed by atoms with Crippen LogP contribution in [0.1, 0.15) is 22.0 Å². The predicted octanol–water partition coefficient (Wildman–Crippen LogP) is 4.87. The van der Waals surface area contributed by atoms with Crippen molar-refractivity contribution in [3.8, 4) is 0 Å². The minimum atomic E-state index is 0.243. The second kappa shape index (κ2) is 6.07. The summed E-state index contributed by atoms with van der Waals surface area (Å²) in [5.74, 6) is 0. The fourth-order valence-electron chi connectivity index (χ4n) is 1.96. The predicted molar refractivity (Wildman–Crippen MR) is 81.0 cm³/mol. The lowest BCUT2D eigenvalue weighted by atomic mass is 10.0. The Morgan fingerprint density at radius 3 is 2.44 bits per heavy atom. The van der Waals surface area contributed by atoms with Gasteiger partial charge in [0.05, 0.1) is 0 Å². The molecular weight excluding hydrogens is 285 g/mol. The molecule has 0 saturated heterocycles. The van der Waals surface area contributed by atoms with Gasteiger partial charge >= 0.3 is 0 Å². The SMILES string of the molecule is CNC(Cc1c(Cl)cccc1Cl)c1csc(C)c1. The summed E-state index contributed by atoms with van der Waals surface area (Å²) in [6.45, 7) is 2.11. The summed E-state index contributed by atoms with van der Waals surface area (Å²) in [5.41, 5.74) is 2.29. The number of nitrogens with one attached hydrogen (secondary N) is 1. The zero-order chi connectivity index (χ0) is 13.1. The molecule has 0 saturated carbocycles. The van der Waals surface area contributed by atoms with E-state index in [1.807, 2.05) is 25.2 Å². The van der Waals surface area contributed by atoms with Crippen LogP contribution in [0.5, 0.6) is 0 Å². The van der Waals surface area contributed by atoms with Gasteiger partial charge in [-0.05, 0) is 55.1 Å². The Hall–Kier alpha value is -0.540. The molecular formula is C14H15Cl2NS. The first-order valence-corrected chi connectivity index (χ1v) is 7.40. The van der Waals surface area contributed by atoms with Crippen LogP contribution >= 0.6 is 34.5 Å². The van der Waals surface area contributed by atoms with Crippen molar-refractivity contribution >= 4 is 34.5 Å². The molecule has 1 unspecified atom stereocenters. The van der Waals surface area contributed by atoms with Gasteiger partial charge in [-0.3, -0.25) is 0 Å². The molecule has 2 aromatic rings. The molecule has 1 aromatic heterocycles. The van der Waals surface area contributed by atoms with Crippen molar-refractivity contribution in [2.75, 3.05) is 7.05 Å². The van der Waals surface area contributed by atoms with Gasteiger partial charge in [-0.1, -0.05) is 29.3 Å². The summed E-state index contributed by atoms with van der Waals surface area (Å²) in [5, 5.41) is 6.97. The zero-order valence-electron chi connectivity index (χ0n) is 10.3. The molecule has 0 bridgehead atoms. The number of benzene rings is 1. The van der Waals surface area contributed by atoms with Crippen molar-refractivity contribution in [2.24, 2.45) is 0 Å². The molecule has 1 nitrogen and oxygen atoms in total. The summed E-state index contributed by atoms with van der Waals surface area (Å²) >= 11 is 14.2. The monoisotopic (exact) mass is 299 g/mol. The molecule has 0 aliphatic heterocycles. The van der Waals surface area contributed by atoms with Gasteiger partial charge in [0.1, 0.15) is 0 Å². The van der Waals surface area contributed by atoms with Crippen LogP contribution in [0.15, 0.2) is 29.6 Å². The molecule has 0 aliphatic carbocycles. The van der Waals surface area contributed by atoms with E-state index in [0.29, 0.717) is 0 Å². The Labute approximate surface area is 122 Å². The normalized spacial score (nSPS) is 12.7. The fourth-order valence-corrected chi connectivity index (χ4v) is 3.27. The Kier molecular flexibility index (Phi) is 4.68. The molecule has 0 spiro atoms. The third-order valence-electron chi connectivity index (χ3n) is 2.97. The first kappa shape index (κ1) is 13.9. The second-order valence-corrected chi connectivity index (χ2v) is 6.17. The van der Waals surface area contributed by atoms with E-state index in [2.05, 4.69) is 23.7 Å². The lowest BCUT2D eigenvalue weighted by Gasteiger charge is -2.17. The third kappa shape index (κ3) is 3.07. The lowest BCUT2D eigenvalue weighted by molar-refractivity contribution is 0.594. The highest BCUT2D eigenvalue weighted by Crippen LogP contribution is 2.30. The van der Waals surface area contributed by atoms with Crippen LogP contribution in [0.2, 0.25) is 10.0 Å². The van der Waals surface area contributed by atoms with Gasteiger partial charge in [0.25, 0.3) is 0 Å². The van der Waals surface area contributed by atoms with E-state index < -0.39 is 0 Å². The summed E-state index contributed by atoms with van der Waals surface area (Å²) in [6, 6.07) is 8.09. The number of aryl methyl sites for hydroxylation is 1. The van der Waals surface area contributed by atoms with E-state index in [4.69, 9.17) is 23.2 Å². The first-order chi connectivity index (χ1) is 8.61. The fraction of sp³-hybridized carbons (Fsp3) is 0.286. The minimum absolute atomic E-state index is 0.243. The van der Waals surface area contributed by atoms with Crippen molar-refractivity contribution in [2.45, 2.75) is 19.4 Å². The summed E-state index contributed by atoms with van der Waals surface area (Å²) in [6.07, 6.45) is 0.797. The van der Waals surface area contributed by atoms with Crippen LogP contribution < -0.4 is 5.32 Å². The molecule has 1 atom stereocenters. The van der Waals surface area contributed by atoms with Gasteiger partial charge in [-0.25, -0.2) is 0 Å². The first-order valence-electron chi connectivity index (χ1n) is 5.77. The zero-order valence-corrected chi connectivity index (χ0v) is 12.7. The van der Waals surface area contributed by atoms with E-state index in [-0.39, 0.29) is 6.04 Å². The number of hydrogen-bond acceptors (Lipinski definition) is 2. The maximum Gasteiger partial charge on any atom is 0.0453 e. The highest BCUT2D eigenvalue weighted by atomic mass is 35.5. The van der Waals surface area contributed by atoms with E-state index >= 15 is 0 Å². The van der Waals surface area contributed by atoms with Crippen LogP contribution in [0.4, 0.5) is 0 Å². The van der Waals surface area contributed by atoms with Crippen LogP contribution in [-0.2, 0) is 6.42 Å². The van der Waals surface area contributed by atoms with Crippen LogP contribution in [0, 0.1) is 6.92 Å². The number of rotatable bonds is 4. The summed E-state index contributed by atoms with van der Waals surface area (Å²) in [7, 11) is 1.96. The smallest absolute Gasteiger partial charge is 0.0453 e. The number of thiophene rings is 1. The standard InChI is InChI=1S/C14H15Cl2NS/c1-9-6-10(8-18-9)14(17-2)7-11-12(15)4-3-5-13(11)16/h3-6,8,14,17H,7H2,1-2H3. The van der Waals surface area contributed by atoms with Gasteiger partial charge in [-0.2, -0.15) is 0 Å². The Morgan fingerprint density at radius 1 is 1.28 bits per heavy atom. The molecule has 1 heterocycles. The van der Waals surface area contributed by atoms with Crippen LogP contribution in [0.25, 0.3) is 0 Å². The van der Waals surface area contributed by atoms with Crippen molar-refractivity contribution in [3.63, 3.8) is 0 Å². The molecule has 18 heavy (non-hydrogen) atoms. The molecule has 1 N–H and O–H groups in total. The van der Waals surface area contributed by atoms with Gasteiger partial charge in [0.2, 0.25) is 0 Å². The molecule has 1 aromatic carbocycles. The van der Waals surface area contributed by atoms with Crippen molar-refractivity contribution in [1.29, 1.82) is 0 Å². The third-order valence-corrected chi connectivity index (χ3v) is 4.56. The number of hydrogen-bond donors (Lipinski definition) is 1. The highest BCUT2D eigenvalue weighted by Gasteiger charge is 2.15. The molecule has 0 aliphatic rings. The minimum Gasteiger partial charge on any atom is -0.313 e. The van der Waals surface area contributed by atoms with Crippen LogP contribution in [-0.4, -0.2) is 7.05 Å². The maximum absolute atomic E-state index is 6.21. The second-order valence-electron chi connectivity index (χ2n) is 4.24. The van der Waals surface area contributed by atoms with Gasteiger partial charge < -0.3 is 5.32 Å². The van der Waals surface area contributed by atoms with Gasteiger partial charge in [0, 0.05) is 21.0 Å². The number of likely N-dealkylation sites (N-methyl/N-ethyl adjacent to an activating group) is 1. The lowest BCUT2D eigenvalue weighted by Crippen LogP contribution is -2.18. The van der Waals surface area contributed by atoms with Crippen molar-refractivity contribution in [3.05, 3.63) is 55.7 Å². The largest absolute Gasteiger partial charge is 0.313 e. The molecule has 0 amide bonds. The van der Waals surface area contributed by atoms with E-state index in [9.17, 15) is 0 Å². The molecule has 0 fully saturated rings. The average Bonchev–Trinajstić information content (AvgIpc) is 2.76. The Balaban J connectivity index is 2.26. The van der Waals surface area contributed by atoms with Crippen molar-refractivity contribution < 1.29 is 0 Å². The van der Waals surface area contributed by atoms with Gasteiger partial charge in [0.15, 0.2) is 0 Å². The maximum atomic E-state index is 6.21. The van der Waals surface area contributed by atoms with E-state index in [0.717, 1.165) is 22.0 Å². The molecule has 2 rings (SSSR count). The van der Waals surface area contributed by atoms with Crippen molar-refractivity contribution in [1.82, 2.24) is 5.32 Å². The summed E-state index contributed by atoms with van der Waals surface area (Å²) < 4.78 is 0. The number of halogens is 2. The average molecular weight is 300 g/mol.